The smallest absolute Gasteiger partial charge is 0.220 e. The minimum Gasteiger partial charge on any atom is -0.377 e. The van der Waals surface area contributed by atoms with Gasteiger partial charge in [-0.3, -0.25) is 4.79 Å². The molecule has 0 bridgehead atoms. The van der Waals surface area contributed by atoms with Gasteiger partial charge in [-0.2, -0.15) is 0 Å². The van der Waals surface area contributed by atoms with E-state index < -0.39 is 0 Å². The van der Waals surface area contributed by atoms with Crippen molar-refractivity contribution in [3.05, 3.63) is 35.4 Å². The second-order valence-corrected chi connectivity index (χ2v) is 5.58. The number of hydrogen-bond acceptors (Lipinski definition) is 3. The maximum Gasteiger partial charge on any atom is 0.220 e. The largest absolute Gasteiger partial charge is 0.377 e. The van der Waals surface area contributed by atoms with Crippen LogP contribution >= 0.6 is 0 Å². The molecule has 4 nitrogen and oxygen atoms in total. The Morgan fingerprint density at radius 1 is 1.29 bits per heavy atom. The topological polar surface area (TPSA) is 50.4 Å². The number of piperidine rings is 1. The maximum atomic E-state index is 12.0. The lowest BCUT2D eigenvalue weighted by Crippen LogP contribution is -2.32. The average molecular weight is 290 g/mol. The predicted molar refractivity (Wildman–Crippen MR) is 83.8 cm³/mol. The quantitative estimate of drug-likeness (QED) is 0.809. The van der Waals surface area contributed by atoms with Crippen LogP contribution in [0.2, 0.25) is 0 Å². The summed E-state index contributed by atoms with van der Waals surface area (Å²) in [7, 11) is 0. The number of hydrogen-bond donors (Lipinski definition) is 2. The first kappa shape index (κ1) is 16.0. The number of carbonyl (C=O) groups excluding carboxylic acids is 1. The van der Waals surface area contributed by atoms with E-state index in [1.165, 1.54) is 0 Å². The Bertz CT molecular complexity index is 442. The average Bonchev–Trinajstić information content (AvgIpc) is 2.52. The van der Waals surface area contributed by atoms with E-state index in [1.54, 1.807) is 0 Å². The van der Waals surface area contributed by atoms with Crippen LogP contribution in [0, 0.1) is 5.92 Å². The first-order chi connectivity index (χ1) is 10.3. The highest BCUT2D eigenvalue weighted by Crippen LogP contribution is 2.16. The van der Waals surface area contributed by atoms with Crippen molar-refractivity contribution in [1.82, 2.24) is 10.6 Å². The molecule has 1 fully saturated rings. The van der Waals surface area contributed by atoms with Gasteiger partial charge in [0.1, 0.15) is 0 Å². The molecule has 0 aromatic heterocycles. The molecule has 0 radical (unpaired) electrons. The fourth-order valence-corrected chi connectivity index (χ4v) is 2.70. The SMILES string of the molecule is CCOCc1ccccc1CNC(=O)CC1CCNCC1. The highest BCUT2D eigenvalue weighted by atomic mass is 16.5. The second-order valence-electron chi connectivity index (χ2n) is 5.58. The molecule has 1 aliphatic heterocycles. The summed E-state index contributed by atoms with van der Waals surface area (Å²) in [5, 5.41) is 6.38. The molecule has 2 rings (SSSR count). The summed E-state index contributed by atoms with van der Waals surface area (Å²) < 4.78 is 5.47. The molecule has 0 atom stereocenters. The molecule has 0 saturated carbocycles. The zero-order valence-corrected chi connectivity index (χ0v) is 12.9. The zero-order valence-electron chi connectivity index (χ0n) is 12.9. The fourth-order valence-electron chi connectivity index (χ4n) is 2.70. The summed E-state index contributed by atoms with van der Waals surface area (Å²) in [4.78, 5) is 12.0. The van der Waals surface area contributed by atoms with E-state index in [-0.39, 0.29) is 5.91 Å². The van der Waals surface area contributed by atoms with Crippen LogP contribution in [0.1, 0.15) is 37.3 Å². The molecule has 1 heterocycles. The third-order valence-electron chi connectivity index (χ3n) is 3.99. The number of ether oxygens (including phenoxy) is 1. The van der Waals surface area contributed by atoms with Gasteiger partial charge in [0.05, 0.1) is 6.61 Å². The maximum absolute atomic E-state index is 12.0. The van der Waals surface area contributed by atoms with Crippen LogP contribution in [0.25, 0.3) is 0 Å². The minimum absolute atomic E-state index is 0.160. The van der Waals surface area contributed by atoms with Gasteiger partial charge >= 0.3 is 0 Å². The highest BCUT2D eigenvalue weighted by Gasteiger charge is 2.16. The molecule has 21 heavy (non-hydrogen) atoms. The van der Waals surface area contributed by atoms with Gasteiger partial charge in [0.15, 0.2) is 0 Å². The molecule has 1 amide bonds. The van der Waals surface area contributed by atoms with Gasteiger partial charge in [-0.1, -0.05) is 24.3 Å². The zero-order chi connectivity index (χ0) is 14.9. The van der Waals surface area contributed by atoms with E-state index in [0.717, 1.165) is 37.1 Å². The number of carbonyl (C=O) groups is 1. The Hall–Kier alpha value is -1.39. The van der Waals surface area contributed by atoms with Crippen LogP contribution in [-0.2, 0) is 22.7 Å². The Balaban J connectivity index is 1.80. The lowest BCUT2D eigenvalue weighted by Gasteiger charge is -2.22. The Labute approximate surface area is 127 Å². The monoisotopic (exact) mass is 290 g/mol. The van der Waals surface area contributed by atoms with Crippen molar-refractivity contribution in [2.45, 2.75) is 39.3 Å². The summed E-state index contributed by atoms with van der Waals surface area (Å²) in [5.41, 5.74) is 2.30. The van der Waals surface area contributed by atoms with Gasteiger partial charge in [0, 0.05) is 19.6 Å². The van der Waals surface area contributed by atoms with E-state index >= 15 is 0 Å². The van der Waals surface area contributed by atoms with Gasteiger partial charge in [0.25, 0.3) is 0 Å². The number of nitrogens with one attached hydrogen (secondary N) is 2. The van der Waals surface area contributed by atoms with Crippen LogP contribution < -0.4 is 10.6 Å². The van der Waals surface area contributed by atoms with Gasteiger partial charge in [0.2, 0.25) is 5.91 Å². The number of amides is 1. The molecule has 4 heteroatoms. The third-order valence-corrected chi connectivity index (χ3v) is 3.99. The molecule has 1 aromatic rings. The third kappa shape index (κ3) is 5.48. The summed E-state index contributed by atoms with van der Waals surface area (Å²) in [6.45, 7) is 5.97. The summed E-state index contributed by atoms with van der Waals surface area (Å²) in [6, 6.07) is 8.13. The number of benzene rings is 1. The van der Waals surface area contributed by atoms with E-state index in [4.69, 9.17) is 4.74 Å². The Morgan fingerprint density at radius 3 is 2.71 bits per heavy atom. The molecule has 0 unspecified atom stereocenters. The summed E-state index contributed by atoms with van der Waals surface area (Å²) >= 11 is 0. The lowest BCUT2D eigenvalue weighted by atomic mass is 9.94. The van der Waals surface area contributed by atoms with Gasteiger partial charge in [-0.05, 0) is 49.9 Å². The van der Waals surface area contributed by atoms with E-state index in [9.17, 15) is 4.79 Å². The molecule has 116 valence electrons. The van der Waals surface area contributed by atoms with E-state index in [1.807, 2.05) is 19.1 Å². The standard InChI is InChI=1S/C17H26N2O2/c1-2-21-13-16-6-4-3-5-15(16)12-19-17(20)11-14-7-9-18-10-8-14/h3-6,14,18H,2,7-13H2,1H3,(H,19,20). The number of rotatable bonds is 7. The van der Waals surface area contributed by atoms with Crippen LogP contribution in [0.5, 0.6) is 0 Å². The minimum atomic E-state index is 0.160. The van der Waals surface area contributed by atoms with Gasteiger partial charge < -0.3 is 15.4 Å². The van der Waals surface area contributed by atoms with Gasteiger partial charge in [-0.15, -0.1) is 0 Å². The first-order valence-corrected chi connectivity index (χ1v) is 7.91. The van der Waals surface area contributed by atoms with Crippen LogP contribution in [0.4, 0.5) is 0 Å². The van der Waals surface area contributed by atoms with E-state index in [0.29, 0.717) is 32.1 Å². The Morgan fingerprint density at radius 2 is 2.00 bits per heavy atom. The molecular weight excluding hydrogens is 264 g/mol. The fraction of sp³-hybridized carbons (Fsp3) is 0.588. The molecular formula is C17H26N2O2. The second kappa shape index (κ2) is 8.80. The summed E-state index contributed by atoms with van der Waals surface area (Å²) in [5.74, 6) is 0.693. The van der Waals surface area contributed by atoms with Crippen molar-refractivity contribution in [3.8, 4) is 0 Å². The lowest BCUT2D eigenvalue weighted by molar-refractivity contribution is -0.122. The predicted octanol–water partition coefficient (Wildman–Crippen LogP) is 2.23. The highest BCUT2D eigenvalue weighted by molar-refractivity contribution is 5.76. The molecule has 1 aliphatic rings. The first-order valence-electron chi connectivity index (χ1n) is 7.91. The van der Waals surface area contributed by atoms with Crippen LogP contribution in [0.15, 0.2) is 24.3 Å². The summed E-state index contributed by atoms with van der Waals surface area (Å²) in [6.07, 6.45) is 2.86. The molecule has 0 aliphatic carbocycles. The van der Waals surface area contributed by atoms with Crippen molar-refractivity contribution in [1.29, 1.82) is 0 Å². The van der Waals surface area contributed by atoms with Crippen LogP contribution in [-0.4, -0.2) is 25.6 Å². The van der Waals surface area contributed by atoms with Crippen molar-refractivity contribution in [3.63, 3.8) is 0 Å². The van der Waals surface area contributed by atoms with Crippen molar-refractivity contribution >= 4 is 5.91 Å². The molecule has 1 aromatic carbocycles. The Kier molecular flexibility index (Phi) is 6.70. The molecule has 0 spiro atoms. The van der Waals surface area contributed by atoms with Crippen molar-refractivity contribution < 1.29 is 9.53 Å². The van der Waals surface area contributed by atoms with Crippen molar-refractivity contribution in [2.75, 3.05) is 19.7 Å². The normalized spacial score (nSPS) is 15.9. The van der Waals surface area contributed by atoms with Crippen LogP contribution in [0.3, 0.4) is 0 Å². The van der Waals surface area contributed by atoms with E-state index in [2.05, 4.69) is 22.8 Å². The molecule has 1 saturated heterocycles. The van der Waals surface area contributed by atoms with Gasteiger partial charge in [-0.25, -0.2) is 0 Å². The molecule has 2 N–H and O–H groups in total. The van der Waals surface area contributed by atoms with Crippen molar-refractivity contribution in [2.24, 2.45) is 5.92 Å².